The number of benzene rings is 2. The largest absolute Gasteiger partial charge is 0.488 e. The van der Waals surface area contributed by atoms with Crippen LogP contribution in [0, 0.1) is 13.8 Å². The van der Waals surface area contributed by atoms with Crippen molar-refractivity contribution in [2.24, 2.45) is 0 Å². The Morgan fingerprint density at radius 3 is 2.40 bits per heavy atom. The van der Waals surface area contributed by atoms with Gasteiger partial charge in [0, 0.05) is 11.1 Å². The molecule has 0 atom stereocenters. The van der Waals surface area contributed by atoms with Crippen LogP contribution in [0.5, 0.6) is 5.75 Å². The summed E-state index contributed by atoms with van der Waals surface area (Å²) in [5.74, 6) is 0.770. The Morgan fingerprint density at radius 2 is 1.80 bits per heavy atom. The Balaban J connectivity index is 2.23. The number of carbonyl (C=O) groups is 1. The zero-order valence-corrected chi connectivity index (χ0v) is 12.8. The third-order valence-electron chi connectivity index (χ3n) is 3.02. The Kier molecular flexibility index (Phi) is 4.69. The molecule has 0 aliphatic carbocycles. The lowest BCUT2D eigenvalue weighted by Gasteiger charge is -2.14. The van der Waals surface area contributed by atoms with Crippen molar-refractivity contribution >= 4 is 29.5 Å². The van der Waals surface area contributed by atoms with Crippen LogP contribution in [0.2, 0.25) is 10.0 Å². The summed E-state index contributed by atoms with van der Waals surface area (Å²) in [4.78, 5) is 10.8. The molecule has 0 aliphatic rings. The van der Waals surface area contributed by atoms with Crippen molar-refractivity contribution in [1.82, 2.24) is 0 Å². The van der Waals surface area contributed by atoms with E-state index in [0.29, 0.717) is 22.2 Å². The van der Waals surface area contributed by atoms with E-state index >= 15 is 0 Å². The van der Waals surface area contributed by atoms with Crippen LogP contribution < -0.4 is 4.74 Å². The lowest BCUT2D eigenvalue weighted by molar-refractivity contribution is 0.112. The van der Waals surface area contributed by atoms with Crippen LogP contribution in [0.25, 0.3) is 0 Å². The lowest BCUT2D eigenvalue weighted by Crippen LogP contribution is -2.00. The summed E-state index contributed by atoms with van der Waals surface area (Å²) < 4.78 is 5.83. The molecule has 0 aromatic heterocycles. The summed E-state index contributed by atoms with van der Waals surface area (Å²) in [5, 5.41) is 1.02. The zero-order chi connectivity index (χ0) is 14.7. The number of ether oxygens (including phenoxy) is 1. The van der Waals surface area contributed by atoms with E-state index in [2.05, 4.69) is 0 Å². The van der Waals surface area contributed by atoms with Gasteiger partial charge in [-0.25, -0.2) is 0 Å². The molecule has 0 aliphatic heterocycles. The van der Waals surface area contributed by atoms with Gasteiger partial charge in [-0.3, -0.25) is 4.79 Å². The predicted octanol–water partition coefficient (Wildman–Crippen LogP) is 5.00. The summed E-state index contributed by atoms with van der Waals surface area (Å²) in [7, 11) is 0. The number of aldehydes is 1. The van der Waals surface area contributed by atoms with Gasteiger partial charge < -0.3 is 4.74 Å². The maximum Gasteiger partial charge on any atom is 0.150 e. The van der Waals surface area contributed by atoms with E-state index in [1.807, 2.05) is 26.0 Å². The van der Waals surface area contributed by atoms with E-state index in [-0.39, 0.29) is 0 Å². The number of aryl methyl sites for hydroxylation is 2. The summed E-state index contributed by atoms with van der Waals surface area (Å²) in [6.45, 7) is 4.16. The Hall–Kier alpha value is -1.51. The van der Waals surface area contributed by atoms with Crippen molar-refractivity contribution < 1.29 is 9.53 Å². The summed E-state index contributed by atoms with van der Waals surface area (Å²) in [6, 6.07) is 9.05. The number of hydrogen-bond acceptors (Lipinski definition) is 2. The van der Waals surface area contributed by atoms with Gasteiger partial charge in [0.25, 0.3) is 0 Å². The van der Waals surface area contributed by atoms with Gasteiger partial charge in [0.2, 0.25) is 0 Å². The smallest absolute Gasteiger partial charge is 0.150 e. The van der Waals surface area contributed by atoms with Gasteiger partial charge in [-0.2, -0.15) is 0 Å². The normalized spacial score (nSPS) is 10.4. The minimum Gasteiger partial charge on any atom is -0.488 e. The SMILES string of the molecule is Cc1cc(C=O)cc(C)c1OCc1cccc(Cl)c1Cl. The first-order chi connectivity index (χ1) is 9.52. The molecule has 0 amide bonds. The first-order valence-corrected chi connectivity index (χ1v) is 6.90. The summed E-state index contributed by atoms with van der Waals surface area (Å²) >= 11 is 12.1. The molecule has 0 radical (unpaired) electrons. The molecule has 2 rings (SSSR count). The van der Waals surface area contributed by atoms with Gasteiger partial charge >= 0.3 is 0 Å². The highest BCUT2D eigenvalue weighted by Crippen LogP contribution is 2.29. The van der Waals surface area contributed by atoms with Gasteiger partial charge in [-0.05, 0) is 43.2 Å². The standard InChI is InChI=1S/C16H14Cl2O2/c1-10-6-12(8-19)7-11(2)16(10)20-9-13-4-3-5-14(17)15(13)18/h3-8H,9H2,1-2H3. The minimum absolute atomic E-state index is 0.335. The third kappa shape index (κ3) is 3.14. The fourth-order valence-corrected chi connectivity index (χ4v) is 2.46. The molecular formula is C16H14Cl2O2. The van der Waals surface area contributed by atoms with Crippen LogP contribution in [0.15, 0.2) is 30.3 Å². The van der Waals surface area contributed by atoms with Gasteiger partial charge in [0.15, 0.2) is 0 Å². The van der Waals surface area contributed by atoms with Crippen LogP contribution in [0.4, 0.5) is 0 Å². The fraction of sp³-hybridized carbons (Fsp3) is 0.188. The number of hydrogen-bond donors (Lipinski definition) is 0. The second kappa shape index (κ2) is 6.29. The number of carbonyl (C=O) groups excluding carboxylic acids is 1. The first-order valence-electron chi connectivity index (χ1n) is 6.15. The second-order valence-corrected chi connectivity index (χ2v) is 5.39. The van der Waals surface area contributed by atoms with Crippen LogP contribution in [-0.2, 0) is 6.61 Å². The van der Waals surface area contributed by atoms with Crippen LogP contribution >= 0.6 is 23.2 Å². The molecule has 0 heterocycles. The Labute approximate surface area is 128 Å². The molecule has 104 valence electrons. The molecular weight excluding hydrogens is 295 g/mol. The quantitative estimate of drug-likeness (QED) is 0.743. The average Bonchev–Trinajstić information content (AvgIpc) is 2.42. The predicted molar refractivity (Wildman–Crippen MR) is 82.1 cm³/mol. The van der Waals surface area contributed by atoms with E-state index in [1.54, 1.807) is 18.2 Å². The fourth-order valence-electron chi connectivity index (χ4n) is 2.09. The van der Waals surface area contributed by atoms with Crippen molar-refractivity contribution in [1.29, 1.82) is 0 Å². The van der Waals surface area contributed by atoms with Crippen LogP contribution in [0.1, 0.15) is 27.0 Å². The van der Waals surface area contributed by atoms with Crippen molar-refractivity contribution in [2.45, 2.75) is 20.5 Å². The minimum atomic E-state index is 0.335. The van der Waals surface area contributed by atoms with Gasteiger partial charge in [-0.1, -0.05) is 35.3 Å². The molecule has 20 heavy (non-hydrogen) atoms. The Bertz CT molecular complexity index is 628. The molecule has 2 aromatic rings. The van der Waals surface area contributed by atoms with Crippen LogP contribution in [-0.4, -0.2) is 6.29 Å². The molecule has 0 unspecified atom stereocenters. The van der Waals surface area contributed by atoms with E-state index in [9.17, 15) is 4.79 Å². The molecule has 0 N–H and O–H groups in total. The molecule has 0 spiro atoms. The monoisotopic (exact) mass is 308 g/mol. The van der Waals surface area contributed by atoms with E-state index < -0.39 is 0 Å². The van der Waals surface area contributed by atoms with Gasteiger partial charge in [0.05, 0.1) is 10.0 Å². The molecule has 0 saturated carbocycles. The Morgan fingerprint density at radius 1 is 1.15 bits per heavy atom. The number of rotatable bonds is 4. The first kappa shape index (κ1) is 14.9. The summed E-state index contributed by atoms with van der Waals surface area (Å²) in [5.41, 5.74) is 3.32. The highest BCUT2D eigenvalue weighted by Gasteiger charge is 2.09. The van der Waals surface area contributed by atoms with E-state index in [4.69, 9.17) is 27.9 Å². The zero-order valence-electron chi connectivity index (χ0n) is 11.2. The molecule has 4 heteroatoms. The van der Waals surface area contributed by atoms with Crippen LogP contribution in [0.3, 0.4) is 0 Å². The maximum absolute atomic E-state index is 10.8. The van der Waals surface area contributed by atoms with Crippen molar-refractivity contribution in [3.63, 3.8) is 0 Å². The highest BCUT2D eigenvalue weighted by atomic mass is 35.5. The van der Waals surface area contributed by atoms with E-state index in [0.717, 1.165) is 28.7 Å². The summed E-state index contributed by atoms with van der Waals surface area (Å²) in [6.07, 6.45) is 0.831. The maximum atomic E-state index is 10.8. The highest BCUT2D eigenvalue weighted by molar-refractivity contribution is 6.42. The molecule has 2 nitrogen and oxygen atoms in total. The third-order valence-corrected chi connectivity index (χ3v) is 3.88. The molecule has 0 bridgehead atoms. The molecule has 0 saturated heterocycles. The molecule has 2 aromatic carbocycles. The van der Waals surface area contributed by atoms with Crippen molar-refractivity contribution in [2.75, 3.05) is 0 Å². The second-order valence-electron chi connectivity index (χ2n) is 4.60. The van der Waals surface area contributed by atoms with Crippen molar-refractivity contribution in [3.8, 4) is 5.75 Å². The lowest BCUT2D eigenvalue weighted by atomic mass is 10.1. The van der Waals surface area contributed by atoms with Gasteiger partial charge in [0.1, 0.15) is 18.6 Å². The number of halogens is 2. The topological polar surface area (TPSA) is 26.3 Å². The molecule has 0 fully saturated rings. The van der Waals surface area contributed by atoms with Crippen molar-refractivity contribution in [3.05, 3.63) is 62.6 Å². The average molecular weight is 309 g/mol. The van der Waals surface area contributed by atoms with E-state index in [1.165, 1.54) is 0 Å². The van der Waals surface area contributed by atoms with Gasteiger partial charge in [-0.15, -0.1) is 0 Å².